The molecule has 0 spiro atoms. The fourth-order valence-electron chi connectivity index (χ4n) is 3.88. The summed E-state index contributed by atoms with van der Waals surface area (Å²) < 4.78 is 29.2. The molecule has 0 amide bonds. The van der Waals surface area contributed by atoms with E-state index in [1.807, 2.05) is 12.1 Å². The zero-order valence-corrected chi connectivity index (χ0v) is 11.5. The van der Waals surface area contributed by atoms with Gasteiger partial charge in [0.25, 0.3) is 0 Å². The third-order valence-corrected chi connectivity index (χ3v) is 4.80. The van der Waals surface area contributed by atoms with Crippen molar-refractivity contribution in [3.63, 3.8) is 0 Å². The average Bonchev–Trinajstić information content (AvgIpc) is 3.02. The number of rotatable bonds is 6. The van der Waals surface area contributed by atoms with Crippen molar-refractivity contribution in [2.24, 2.45) is 17.8 Å². The smallest absolute Gasteiger partial charge is 0.387 e. The molecule has 3 atom stereocenters. The van der Waals surface area contributed by atoms with Gasteiger partial charge in [0.05, 0.1) is 0 Å². The lowest BCUT2D eigenvalue weighted by Gasteiger charge is -2.22. The summed E-state index contributed by atoms with van der Waals surface area (Å²) in [6.07, 6.45) is 5.53. The van der Waals surface area contributed by atoms with Crippen LogP contribution >= 0.6 is 0 Å². The van der Waals surface area contributed by atoms with Gasteiger partial charge in [-0.2, -0.15) is 8.78 Å². The van der Waals surface area contributed by atoms with Gasteiger partial charge >= 0.3 is 6.61 Å². The molecule has 0 aliphatic heterocycles. The second kappa shape index (κ2) is 6.08. The highest BCUT2D eigenvalue weighted by molar-refractivity contribution is 5.33. The van der Waals surface area contributed by atoms with E-state index in [9.17, 15) is 8.78 Å². The minimum absolute atomic E-state index is 0.281. The van der Waals surface area contributed by atoms with Crippen molar-refractivity contribution in [1.29, 1.82) is 0 Å². The van der Waals surface area contributed by atoms with E-state index in [1.165, 1.54) is 25.7 Å². The number of alkyl halides is 2. The molecule has 0 saturated heterocycles. The molecule has 2 nitrogen and oxygen atoms in total. The molecule has 1 aromatic carbocycles. The number of nitrogens with one attached hydrogen (secondary N) is 1. The molecule has 0 heterocycles. The zero-order valence-electron chi connectivity index (χ0n) is 11.5. The minimum atomic E-state index is -2.76. The SMILES string of the molecule is FC(F)Oc1ccccc1CNCC1CC2CCC1C2. The lowest BCUT2D eigenvalue weighted by molar-refractivity contribution is -0.0505. The third kappa shape index (κ3) is 3.11. The Morgan fingerprint density at radius 1 is 1.20 bits per heavy atom. The van der Waals surface area contributed by atoms with Crippen LogP contribution in [0.25, 0.3) is 0 Å². The van der Waals surface area contributed by atoms with Crippen LogP contribution in [-0.2, 0) is 6.54 Å². The predicted molar refractivity (Wildman–Crippen MR) is 73.7 cm³/mol. The van der Waals surface area contributed by atoms with E-state index in [0.29, 0.717) is 6.54 Å². The summed E-state index contributed by atoms with van der Waals surface area (Å²) in [4.78, 5) is 0. The Bertz CT molecular complexity index is 452. The van der Waals surface area contributed by atoms with Crippen molar-refractivity contribution in [3.05, 3.63) is 29.8 Å². The Morgan fingerprint density at radius 3 is 2.75 bits per heavy atom. The monoisotopic (exact) mass is 281 g/mol. The third-order valence-electron chi connectivity index (χ3n) is 4.80. The first-order valence-electron chi connectivity index (χ1n) is 7.46. The van der Waals surface area contributed by atoms with Crippen molar-refractivity contribution < 1.29 is 13.5 Å². The van der Waals surface area contributed by atoms with E-state index in [2.05, 4.69) is 10.1 Å². The van der Waals surface area contributed by atoms with Crippen molar-refractivity contribution in [3.8, 4) is 5.75 Å². The van der Waals surface area contributed by atoms with Crippen molar-refractivity contribution in [2.45, 2.75) is 38.8 Å². The average molecular weight is 281 g/mol. The zero-order chi connectivity index (χ0) is 13.9. The maximum absolute atomic E-state index is 12.3. The maximum Gasteiger partial charge on any atom is 0.387 e. The van der Waals surface area contributed by atoms with E-state index in [4.69, 9.17) is 0 Å². The first-order valence-corrected chi connectivity index (χ1v) is 7.46. The highest BCUT2D eigenvalue weighted by Crippen LogP contribution is 2.47. The van der Waals surface area contributed by atoms with Crippen LogP contribution in [0.1, 0.15) is 31.2 Å². The van der Waals surface area contributed by atoms with Gasteiger partial charge in [-0.05, 0) is 49.6 Å². The molecule has 3 rings (SSSR count). The largest absolute Gasteiger partial charge is 0.434 e. The van der Waals surface area contributed by atoms with Crippen LogP contribution in [0.2, 0.25) is 0 Å². The Hall–Kier alpha value is -1.16. The van der Waals surface area contributed by atoms with Crippen LogP contribution in [0, 0.1) is 17.8 Å². The molecule has 110 valence electrons. The fourth-order valence-corrected chi connectivity index (χ4v) is 3.88. The van der Waals surface area contributed by atoms with Gasteiger partial charge in [-0.25, -0.2) is 0 Å². The van der Waals surface area contributed by atoms with Gasteiger partial charge in [-0.1, -0.05) is 24.6 Å². The molecular weight excluding hydrogens is 260 g/mol. The number of hydrogen-bond acceptors (Lipinski definition) is 2. The van der Waals surface area contributed by atoms with Gasteiger partial charge in [0.1, 0.15) is 5.75 Å². The highest BCUT2D eigenvalue weighted by atomic mass is 19.3. The molecule has 0 radical (unpaired) electrons. The summed E-state index contributed by atoms with van der Waals surface area (Å²) in [5, 5.41) is 3.42. The number of ether oxygens (including phenoxy) is 1. The maximum atomic E-state index is 12.3. The first-order chi connectivity index (χ1) is 9.72. The number of para-hydroxylation sites is 1. The molecule has 2 aliphatic carbocycles. The van der Waals surface area contributed by atoms with Crippen molar-refractivity contribution in [2.75, 3.05) is 6.54 Å². The van der Waals surface area contributed by atoms with Crippen LogP contribution in [0.5, 0.6) is 5.75 Å². The fraction of sp³-hybridized carbons (Fsp3) is 0.625. The molecule has 3 unspecified atom stereocenters. The Morgan fingerprint density at radius 2 is 2.05 bits per heavy atom. The molecule has 0 aromatic heterocycles. The molecule has 1 N–H and O–H groups in total. The topological polar surface area (TPSA) is 21.3 Å². The molecule has 20 heavy (non-hydrogen) atoms. The van der Waals surface area contributed by atoms with Gasteiger partial charge in [-0.15, -0.1) is 0 Å². The normalized spacial score (nSPS) is 28.2. The molecule has 2 saturated carbocycles. The Kier molecular flexibility index (Phi) is 4.20. The first kappa shape index (κ1) is 13.8. The van der Waals surface area contributed by atoms with E-state index in [1.54, 1.807) is 12.1 Å². The lowest BCUT2D eigenvalue weighted by atomic mass is 9.89. The van der Waals surface area contributed by atoms with E-state index >= 15 is 0 Å². The van der Waals surface area contributed by atoms with Crippen LogP contribution in [-0.4, -0.2) is 13.2 Å². The number of benzene rings is 1. The lowest BCUT2D eigenvalue weighted by Crippen LogP contribution is -2.26. The predicted octanol–water partition coefficient (Wildman–Crippen LogP) is 3.81. The number of fused-ring (bicyclic) bond motifs is 2. The van der Waals surface area contributed by atoms with Gasteiger partial charge in [0, 0.05) is 12.1 Å². The van der Waals surface area contributed by atoms with Crippen LogP contribution in [0.3, 0.4) is 0 Å². The molecule has 4 heteroatoms. The number of halogens is 2. The minimum Gasteiger partial charge on any atom is -0.434 e. The summed E-state index contributed by atoms with van der Waals surface area (Å²) in [5.41, 5.74) is 0.802. The molecule has 2 bridgehead atoms. The quantitative estimate of drug-likeness (QED) is 0.856. The van der Waals surface area contributed by atoms with E-state index in [-0.39, 0.29) is 5.75 Å². The second-order valence-electron chi connectivity index (χ2n) is 6.05. The van der Waals surface area contributed by atoms with Gasteiger partial charge < -0.3 is 10.1 Å². The molecular formula is C16H21F2NO. The highest BCUT2D eigenvalue weighted by Gasteiger charge is 2.38. The van der Waals surface area contributed by atoms with Gasteiger partial charge in [0.15, 0.2) is 0 Å². The summed E-state index contributed by atoms with van der Waals surface area (Å²) >= 11 is 0. The molecule has 1 aromatic rings. The molecule has 2 fully saturated rings. The summed E-state index contributed by atoms with van der Waals surface area (Å²) in [7, 11) is 0. The van der Waals surface area contributed by atoms with Gasteiger partial charge in [0.2, 0.25) is 0 Å². The van der Waals surface area contributed by atoms with Crippen molar-refractivity contribution in [1.82, 2.24) is 5.32 Å². The summed E-state index contributed by atoms with van der Waals surface area (Å²) in [6, 6.07) is 7.01. The van der Waals surface area contributed by atoms with Gasteiger partial charge in [-0.3, -0.25) is 0 Å². The van der Waals surface area contributed by atoms with Crippen LogP contribution in [0.4, 0.5) is 8.78 Å². The van der Waals surface area contributed by atoms with E-state index < -0.39 is 6.61 Å². The van der Waals surface area contributed by atoms with E-state index in [0.717, 1.165) is 29.9 Å². The van der Waals surface area contributed by atoms with Crippen LogP contribution < -0.4 is 10.1 Å². The summed E-state index contributed by atoms with van der Waals surface area (Å²) in [5.74, 6) is 2.89. The molecule has 2 aliphatic rings. The summed E-state index contributed by atoms with van der Waals surface area (Å²) in [6.45, 7) is -1.18. The Balaban J connectivity index is 1.51. The Labute approximate surface area is 118 Å². The van der Waals surface area contributed by atoms with Crippen LogP contribution in [0.15, 0.2) is 24.3 Å². The van der Waals surface area contributed by atoms with Crippen molar-refractivity contribution >= 4 is 0 Å². The standard InChI is InChI=1S/C16H21F2NO/c17-16(18)20-15-4-2-1-3-13(15)9-19-10-14-8-11-5-6-12(14)7-11/h1-4,11-12,14,16,19H,5-10H2. The second-order valence-corrected chi connectivity index (χ2v) is 6.05. The number of hydrogen-bond donors (Lipinski definition) is 1.